The lowest BCUT2D eigenvalue weighted by Crippen LogP contribution is -2.25. The Labute approximate surface area is 112 Å². The van der Waals surface area contributed by atoms with Crippen LogP contribution in [-0.4, -0.2) is 30.2 Å². The average Bonchev–Trinajstić information content (AvgIpc) is 2.48. The predicted octanol–water partition coefficient (Wildman–Crippen LogP) is 1.98. The van der Waals surface area contributed by atoms with Crippen LogP contribution in [-0.2, 0) is 11.2 Å². The molecule has 1 aromatic heterocycles. The van der Waals surface area contributed by atoms with Crippen LogP contribution in [0, 0.1) is 0 Å². The minimum Gasteiger partial charge on any atom is -0.372 e. The van der Waals surface area contributed by atoms with Crippen LogP contribution in [0.2, 0.25) is 0 Å². The van der Waals surface area contributed by atoms with Gasteiger partial charge >= 0.3 is 0 Å². The molecule has 0 amide bonds. The number of aromatic nitrogens is 2. The Balaban J connectivity index is 2.06. The summed E-state index contributed by atoms with van der Waals surface area (Å²) in [5, 5.41) is 3.18. The molecule has 0 saturated heterocycles. The number of fused-ring (bicyclic) bond motifs is 1. The van der Waals surface area contributed by atoms with E-state index in [1.54, 1.807) is 12.4 Å². The molecule has 4 nitrogen and oxygen atoms in total. The molecule has 0 saturated carbocycles. The Morgan fingerprint density at radius 3 is 2.89 bits per heavy atom. The van der Waals surface area contributed by atoms with E-state index in [4.69, 9.17) is 4.74 Å². The maximum atomic E-state index is 5.83. The maximum Gasteiger partial charge on any atom is 0.159 e. The summed E-state index contributed by atoms with van der Waals surface area (Å²) in [6.07, 6.45) is 4.61. The van der Waals surface area contributed by atoms with E-state index in [0.29, 0.717) is 0 Å². The molecule has 3 rings (SSSR count). The molecule has 1 aliphatic heterocycles. The van der Waals surface area contributed by atoms with Crippen molar-refractivity contribution in [2.75, 3.05) is 20.2 Å². The molecule has 0 bridgehead atoms. The van der Waals surface area contributed by atoms with E-state index in [1.807, 2.05) is 13.1 Å². The second-order valence-corrected chi connectivity index (χ2v) is 4.61. The van der Waals surface area contributed by atoms with Gasteiger partial charge in [0.05, 0.1) is 12.7 Å². The fourth-order valence-corrected chi connectivity index (χ4v) is 2.58. The van der Waals surface area contributed by atoms with Crippen LogP contribution >= 0.6 is 0 Å². The van der Waals surface area contributed by atoms with Crippen molar-refractivity contribution in [2.24, 2.45) is 0 Å². The van der Waals surface area contributed by atoms with E-state index < -0.39 is 0 Å². The molecule has 1 atom stereocenters. The van der Waals surface area contributed by atoms with E-state index in [2.05, 4.69) is 33.5 Å². The number of hydrogen-bond donors (Lipinski definition) is 1. The molecule has 1 N–H and O–H groups in total. The zero-order chi connectivity index (χ0) is 13.1. The summed E-state index contributed by atoms with van der Waals surface area (Å²) in [5.74, 6) is 0.796. The van der Waals surface area contributed by atoms with Crippen LogP contribution in [0.15, 0.2) is 36.7 Å². The topological polar surface area (TPSA) is 47.0 Å². The van der Waals surface area contributed by atoms with E-state index in [-0.39, 0.29) is 6.10 Å². The number of benzene rings is 1. The van der Waals surface area contributed by atoms with Crippen molar-refractivity contribution in [1.82, 2.24) is 15.3 Å². The van der Waals surface area contributed by atoms with Crippen molar-refractivity contribution in [3.63, 3.8) is 0 Å². The van der Waals surface area contributed by atoms with E-state index in [9.17, 15) is 0 Å². The summed E-state index contributed by atoms with van der Waals surface area (Å²) in [4.78, 5) is 8.72. The van der Waals surface area contributed by atoms with Gasteiger partial charge in [-0.2, -0.15) is 0 Å². The Morgan fingerprint density at radius 2 is 2.11 bits per heavy atom. The minimum atomic E-state index is 0.123. The molecule has 0 fully saturated rings. The first-order valence-corrected chi connectivity index (χ1v) is 6.55. The highest BCUT2D eigenvalue weighted by atomic mass is 16.5. The first-order chi connectivity index (χ1) is 9.40. The van der Waals surface area contributed by atoms with Crippen LogP contribution in [0.4, 0.5) is 0 Å². The normalized spacial score (nSPS) is 18.1. The third-order valence-corrected chi connectivity index (χ3v) is 3.43. The van der Waals surface area contributed by atoms with Gasteiger partial charge in [0.15, 0.2) is 5.82 Å². The Bertz CT molecular complexity index is 557. The van der Waals surface area contributed by atoms with Gasteiger partial charge < -0.3 is 10.1 Å². The van der Waals surface area contributed by atoms with Crippen LogP contribution in [0.25, 0.3) is 11.4 Å². The molecule has 1 aromatic carbocycles. The molecular weight excluding hydrogens is 238 g/mol. The molecule has 98 valence electrons. The summed E-state index contributed by atoms with van der Waals surface area (Å²) in [7, 11) is 1.95. The van der Waals surface area contributed by atoms with Crippen molar-refractivity contribution in [3.05, 3.63) is 47.8 Å². The quantitative estimate of drug-likeness (QED) is 0.911. The Hall–Kier alpha value is -1.78. The molecule has 1 aliphatic rings. The molecular formula is C15H17N3O. The minimum absolute atomic E-state index is 0.123. The zero-order valence-corrected chi connectivity index (χ0v) is 11.0. The van der Waals surface area contributed by atoms with Gasteiger partial charge in [-0.1, -0.05) is 18.2 Å². The summed E-state index contributed by atoms with van der Waals surface area (Å²) < 4.78 is 5.83. The third kappa shape index (κ3) is 2.37. The van der Waals surface area contributed by atoms with Gasteiger partial charge in [-0.25, -0.2) is 9.97 Å². The third-order valence-electron chi connectivity index (χ3n) is 3.43. The molecule has 2 aromatic rings. The average molecular weight is 255 g/mol. The molecule has 0 radical (unpaired) electrons. The van der Waals surface area contributed by atoms with Crippen molar-refractivity contribution in [2.45, 2.75) is 12.5 Å². The number of nitrogens with zero attached hydrogens (tertiary/aromatic N) is 2. The first kappa shape index (κ1) is 12.3. The van der Waals surface area contributed by atoms with Gasteiger partial charge in [0, 0.05) is 24.5 Å². The lowest BCUT2D eigenvalue weighted by atomic mass is 9.92. The van der Waals surface area contributed by atoms with Crippen molar-refractivity contribution in [3.8, 4) is 11.4 Å². The van der Waals surface area contributed by atoms with Gasteiger partial charge in [-0.3, -0.25) is 0 Å². The number of nitrogens with one attached hydrogen (secondary N) is 1. The van der Waals surface area contributed by atoms with Crippen molar-refractivity contribution >= 4 is 0 Å². The summed E-state index contributed by atoms with van der Waals surface area (Å²) in [6.45, 7) is 1.58. The Kier molecular flexibility index (Phi) is 3.53. The molecule has 0 aliphatic carbocycles. The highest BCUT2D eigenvalue weighted by molar-refractivity contribution is 5.63. The zero-order valence-electron chi connectivity index (χ0n) is 11.0. The maximum absolute atomic E-state index is 5.83. The molecule has 4 heteroatoms. The van der Waals surface area contributed by atoms with Gasteiger partial charge in [-0.05, 0) is 30.7 Å². The van der Waals surface area contributed by atoms with Gasteiger partial charge in [0.1, 0.15) is 0 Å². The number of likely N-dealkylation sites (N-methyl/N-ethyl adjacent to an activating group) is 1. The molecule has 2 heterocycles. The van der Waals surface area contributed by atoms with E-state index in [1.165, 1.54) is 11.1 Å². The van der Waals surface area contributed by atoms with Crippen LogP contribution in [0.5, 0.6) is 0 Å². The summed E-state index contributed by atoms with van der Waals surface area (Å²) in [5.41, 5.74) is 3.70. The first-order valence-electron chi connectivity index (χ1n) is 6.55. The Morgan fingerprint density at radius 1 is 1.26 bits per heavy atom. The second-order valence-electron chi connectivity index (χ2n) is 4.61. The summed E-state index contributed by atoms with van der Waals surface area (Å²) >= 11 is 0. The van der Waals surface area contributed by atoms with E-state index in [0.717, 1.165) is 31.0 Å². The predicted molar refractivity (Wildman–Crippen MR) is 73.8 cm³/mol. The monoisotopic (exact) mass is 255 g/mol. The van der Waals surface area contributed by atoms with Crippen molar-refractivity contribution < 1.29 is 4.74 Å². The highest BCUT2D eigenvalue weighted by Crippen LogP contribution is 2.32. The number of ether oxygens (including phenoxy) is 1. The molecule has 19 heavy (non-hydrogen) atoms. The highest BCUT2D eigenvalue weighted by Gasteiger charge is 2.23. The van der Waals surface area contributed by atoms with Gasteiger partial charge in [-0.15, -0.1) is 0 Å². The van der Waals surface area contributed by atoms with Crippen molar-refractivity contribution in [1.29, 1.82) is 0 Å². The lowest BCUT2D eigenvalue weighted by molar-refractivity contribution is 0.0440. The van der Waals surface area contributed by atoms with Crippen LogP contribution in [0.1, 0.15) is 17.2 Å². The fourth-order valence-electron chi connectivity index (χ4n) is 2.58. The second kappa shape index (κ2) is 5.47. The number of hydrogen-bond acceptors (Lipinski definition) is 4. The van der Waals surface area contributed by atoms with Crippen LogP contribution in [0.3, 0.4) is 0 Å². The van der Waals surface area contributed by atoms with E-state index >= 15 is 0 Å². The van der Waals surface area contributed by atoms with Gasteiger partial charge in [0.25, 0.3) is 0 Å². The fraction of sp³-hybridized carbons (Fsp3) is 0.333. The lowest BCUT2D eigenvalue weighted by Gasteiger charge is -2.27. The van der Waals surface area contributed by atoms with Crippen LogP contribution < -0.4 is 5.32 Å². The number of rotatable bonds is 3. The largest absolute Gasteiger partial charge is 0.372 e. The summed E-state index contributed by atoms with van der Waals surface area (Å²) in [6, 6.07) is 8.13. The standard InChI is InChI=1S/C15H17N3O/c1-16-10-14-12-4-2-5-13(11(12)6-9-19-14)15-17-7-3-8-18-15/h2-5,7-8,14,16H,6,9-10H2,1H3/t14-/m0/s1. The van der Waals surface area contributed by atoms with Gasteiger partial charge in [0.2, 0.25) is 0 Å². The molecule has 0 spiro atoms. The molecule has 0 unspecified atom stereocenters. The smallest absolute Gasteiger partial charge is 0.159 e. The SMILES string of the molecule is CNC[C@@H]1OCCc2c(-c3ncccn3)cccc21.